The molecule has 0 radical (unpaired) electrons. The van der Waals surface area contributed by atoms with E-state index < -0.39 is 0 Å². The first-order valence-electron chi connectivity index (χ1n) is 11.5. The smallest absolute Gasteiger partial charge is 0.144 e. The SMILES string of the molecule is CN1CCCC1CCNc1ncc2c(c1C#N)-c1ccccc1C(c1ccc(Cl)c(Cl)c1)C2. The Morgan fingerprint density at radius 1 is 1.18 bits per heavy atom. The fourth-order valence-electron chi connectivity index (χ4n) is 5.34. The van der Waals surface area contributed by atoms with Crippen molar-refractivity contribution in [2.75, 3.05) is 25.5 Å². The van der Waals surface area contributed by atoms with Crippen molar-refractivity contribution in [1.29, 1.82) is 5.26 Å². The van der Waals surface area contributed by atoms with E-state index in [9.17, 15) is 5.26 Å². The van der Waals surface area contributed by atoms with Gasteiger partial charge >= 0.3 is 0 Å². The van der Waals surface area contributed by atoms with E-state index in [0.29, 0.717) is 27.5 Å². The van der Waals surface area contributed by atoms with E-state index in [2.05, 4.69) is 46.5 Å². The number of hydrogen-bond donors (Lipinski definition) is 1. The highest BCUT2D eigenvalue weighted by Crippen LogP contribution is 2.45. The number of anilines is 1. The maximum Gasteiger partial charge on any atom is 0.144 e. The molecule has 1 fully saturated rings. The minimum absolute atomic E-state index is 0.133. The van der Waals surface area contributed by atoms with Gasteiger partial charge in [-0.15, -0.1) is 0 Å². The zero-order chi connectivity index (χ0) is 22.9. The lowest BCUT2D eigenvalue weighted by molar-refractivity contribution is 0.301. The first-order chi connectivity index (χ1) is 16.1. The van der Waals surface area contributed by atoms with Crippen LogP contribution in [0.1, 0.15) is 47.4 Å². The number of aromatic nitrogens is 1. The third kappa shape index (κ3) is 4.22. The van der Waals surface area contributed by atoms with Gasteiger partial charge in [-0.3, -0.25) is 0 Å². The Bertz CT molecular complexity index is 1230. The Morgan fingerprint density at radius 3 is 2.79 bits per heavy atom. The van der Waals surface area contributed by atoms with Crippen LogP contribution in [0.5, 0.6) is 0 Å². The van der Waals surface area contributed by atoms with Crippen molar-refractivity contribution >= 4 is 29.0 Å². The van der Waals surface area contributed by atoms with Crippen molar-refractivity contribution in [3.63, 3.8) is 0 Å². The van der Waals surface area contributed by atoms with Crippen molar-refractivity contribution in [1.82, 2.24) is 9.88 Å². The average molecular weight is 477 g/mol. The molecule has 6 heteroatoms. The van der Waals surface area contributed by atoms with Crippen molar-refractivity contribution in [3.05, 3.63) is 81.0 Å². The lowest BCUT2D eigenvalue weighted by atomic mass is 9.75. The molecule has 2 heterocycles. The molecular formula is C27H26Cl2N4. The van der Waals surface area contributed by atoms with Crippen LogP contribution in [-0.2, 0) is 6.42 Å². The minimum atomic E-state index is 0.133. The number of nitriles is 1. The number of likely N-dealkylation sites (tertiary alicyclic amines) is 1. The highest BCUT2D eigenvalue weighted by molar-refractivity contribution is 6.42. The summed E-state index contributed by atoms with van der Waals surface area (Å²) in [6.45, 7) is 1.98. The van der Waals surface area contributed by atoms with Gasteiger partial charge in [-0.2, -0.15) is 5.26 Å². The zero-order valence-electron chi connectivity index (χ0n) is 18.6. The summed E-state index contributed by atoms with van der Waals surface area (Å²) in [6, 6.07) is 17.2. The molecule has 0 amide bonds. The van der Waals surface area contributed by atoms with Crippen LogP contribution in [0.15, 0.2) is 48.7 Å². The van der Waals surface area contributed by atoms with Crippen LogP contribution in [0, 0.1) is 11.3 Å². The molecule has 5 rings (SSSR count). The third-order valence-electron chi connectivity index (χ3n) is 7.09. The van der Waals surface area contributed by atoms with Crippen LogP contribution in [0.3, 0.4) is 0 Å². The van der Waals surface area contributed by atoms with Crippen LogP contribution in [0.25, 0.3) is 11.1 Å². The molecule has 1 aromatic heterocycles. The van der Waals surface area contributed by atoms with Gasteiger partial charge in [-0.05, 0) is 73.7 Å². The van der Waals surface area contributed by atoms with Crippen molar-refractivity contribution in [2.24, 2.45) is 0 Å². The summed E-state index contributed by atoms with van der Waals surface area (Å²) in [6.07, 6.45) is 6.25. The van der Waals surface area contributed by atoms with Crippen LogP contribution in [-0.4, -0.2) is 36.1 Å². The third-order valence-corrected chi connectivity index (χ3v) is 7.83. The van der Waals surface area contributed by atoms with Crippen LogP contribution in [0.4, 0.5) is 5.82 Å². The van der Waals surface area contributed by atoms with Gasteiger partial charge in [0, 0.05) is 30.3 Å². The zero-order valence-corrected chi connectivity index (χ0v) is 20.1. The Balaban J connectivity index is 1.48. The molecule has 2 aromatic carbocycles. The maximum absolute atomic E-state index is 10.1. The Kier molecular flexibility index (Phi) is 6.29. The molecule has 2 aliphatic rings. The topological polar surface area (TPSA) is 52.0 Å². The van der Waals surface area contributed by atoms with Gasteiger partial charge < -0.3 is 10.2 Å². The molecule has 1 saturated heterocycles. The Hall–Kier alpha value is -2.58. The molecule has 2 atom stereocenters. The predicted molar refractivity (Wildman–Crippen MR) is 135 cm³/mol. The molecule has 0 spiro atoms. The summed E-state index contributed by atoms with van der Waals surface area (Å²) in [5, 5.41) is 14.7. The molecule has 2 unspecified atom stereocenters. The van der Waals surface area contributed by atoms with E-state index in [4.69, 9.17) is 23.2 Å². The normalized spacial score (nSPS) is 19.6. The minimum Gasteiger partial charge on any atom is -0.369 e. The lowest BCUT2D eigenvalue weighted by Crippen LogP contribution is -2.27. The molecule has 168 valence electrons. The highest BCUT2D eigenvalue weighted by Gasteiger charge is 2.29. The number of nitrogens with zero attached hydrogens (tertiary/aromatic N) is 3. The quantitative estimate of drug-likeness (QED) is 0.455. The summed E-state index contributed by atoms with van der Waals surface area (Å²) in [7, 11) is 2.19. The number of hydrogen-bond acceptors (Lipinski definition) is 4. The van der Waals surface area contributed by atoms with E-state index in [1.165, 1.54) is 24.9 Å². The molecule has 1 N–H and O–H groups in total. The van der Waals surface area contributed by atoms with Gasteiger partial charge in [0.1, 0.15) is 17.5 Å². The maximum atomic E-state index is 10.1. The Labute approximate surface area is 205 Å². The number of fused-ring (bicyclic) bond motifs is 3. The summed E-state index contributed by atoms with van der Waals surface area (Å²) in [5.41, 5.74) is 6.12. The van der Waals surface area contributed by atoms with Gasteiger partial charge in [0.15, 0.2) is 0 Å². The van der Waals surface area contributed by atoms with Crippen molar-refractivity contribution < 1.29 is 0 Å². The van der Waals surface area contributed by atoms with E-state index in [-0.39, 0.29) is 5.92 Å². The van der Waals surface area contributed by atoms with Crippen LogP contribution >= 0.6 is 23.2 Å². The lowest BCUT2D eigenvalue weighted by Gasteiger charge is -2.29. The fourth-order valence-corrected chi connectivity index (χ4v) is 5.65. The number of nitrogens with one attached hydrogen (secondary N) is 1. The first kappa shape index (κ1) is 22.2. The largest absolute Gasteiger partial charge is 0.369 e. The Morgan fingerprint density at radius 2 is 2.03 bits per heavy atom. The summed E-state index contributed by atoms with van der Waals surface area (Å²) >= 11 is 12.5. The van der Waals surface area contributed by atoms with Crippen molar-refractivity contribution in [2.45, 2.75) is 37.6 Å². The average Bonchev–Trinajstić information content (AvgIpc) is 3.24. The second kappa shape index (κ2) is 9.35. The number of benzene rings is 2. The van der Waals surface area contributed by atoms with E-state index in [1.54, 1.807) is 0 Å². The summed E-state index contributed by atoms with van der Waals surface area (Å²) in [5.74, 6) is 0.813. The second-order valence-corrected chi connectivity index (χ2v) is 9.82. The molecule has 33 heavy (non-hydrogen) atoms. The van der Waals surface area contributed by atoms with Crippen LogP contribution < -0.4 is 5.32 Å². The fraction of sp³-hybridized carbons (Fsp3) is 0.333. The standard InChI is InChI=1S/C27H26Cl2N4/c1-33-12-4-5-19(33)10-11-31-27-23(15-30)26-18(16-32-27)13-22(20-6-2-3-7-21(20)26)17-8-9-24(28)25(29)14-17/h2-3,6-9,14,16,19,22H,4-5,10-13H2,1H3,(H,31,32). The van der Waals surface area contributed by atoms with E-state index >= 15 is 0 Å². The van der Waals surface area contributed by atoms with Gasteiger partial charge in [0.25, 0.3) is 0 Å². The molecule has 1 aliphatic heterocycles. The summed E-state index contributed by atoms with van der Waals surface area (Å²) < 4.78 is 0. The van der Waals surface area contributed by atoms with Gasteiger partial charge in [-0.25, -0.2) is 4.98 Å². The van der Waals surface area contributed by atoms with Gasteiger partial charge in [0.05, 0.1) is 10.0 Å². The first-order valence-corrected chi connectivity index (χ1v) is 12.2. The number of halogens is 2. The molecule has 0 bridgehead atoms. The van der Waals surface area contributed by atoms with Gasteiger partial charge in [0.2, 0.25) is 0 Å². The number of rotatable bonds is 5. The van der Waals surface area contributed by atoms with Crippen molar-refractivity contribution in [3.8, 4) is 17.2 Å². The molecule has 0 saturated carbocycles. The van der Waals surface area contributed by atoms with E-state index in [1.807, 2.05) is 30.5 Å². The molecule has 3 aromatic rings. The molecular weight excluding hydrogens is 451 g/mol. The summed E-state index contributed by atoms with van der Waals surface area (Å²) in [4.78, 5) is 7.11. The highest BCUT2D eigenvalue weighted by atomic mass is 35.5. The van der Waals surface area contributed by atoms with Crippen LogP contribution in [0.2, 0.25) is 10.0 Å². The van der Waals surface area contributed by atoms with E-state index in [0.717, 1.165) is 41.6 Å². The van der Waals surface area contributed by atoms with Gasteiger partial charge in [-0.1, -0.05) is 53.5 Å². The second-order valence-electron chi connectivity index (χ2n) is 9.00. The molecule has 4 nitrogen and oxygen atoms in total. The monoisotopic (exact) mass is 476 g/mol. The predicted octanol–water partition coefficient (Wildman–Crippen LogP) is 6.51. The molecule has 1 aliphatic carbocycles. The number of pyridine rings is 1.